The molecule has 0 fully saturated rings. The molecule has 0 saturated heterocycles. The lowest BCUT2D eigenvalue weighted by molar-refractivity contribution is 0.397. The Kier molecular flexibility index (Phi) is 4.32. The van der Waals surface area contributed by atoms with Gasteiger partial charge in [0.15, 0.2) is 0 Å². The molecule has 1 aliphatic heterocycles. The second-order valence-electron chi connectivity index (χ2n) is 3.94. The fraction of sp³-hybridized carbons (Fsp3) is 0.500. The summed E-state index contributed by atoms with van der Waals surface area (Å²) in [5.41, 5.74) is 1.51. The van der Waals surface area contributed by atoms with Crippen LogP contribution in [0.4, 0.5) is 5.82 Å². The highest BCUT2D eigenvalue weighted by Gasteiger charge is 2.03. The lowest BCUT2D eigenvalue weighted by Crippen LogP contribution is -2.21. The molecule has 1 aromatic rings. The normalized spacial score (nSPS) is 15.2. The van der Waals surface area contributed by atoms with E-state index in [1.807, 2.05) is 0 Å². The number of hydrogen-bond acceptors (Lipinski definition) is 5. The van der Waals surface area contributed by atoms with Crippen molar-refractivity contribution in [3.05, 3.63) is 24.0 Å². The SMILES string of the molecule is COc1cc(NCCC2=CCNCC2)ncn1. The van der Waals surface area contributed by atoms with Gasteiger partial charge in [0.25, 0.3) is 0 Å². The summed E-state index contributed by atoms with van der Waals surface area (Å²) in [5.74, 6) is 1.40. The topological polar surface area (TPSA) is 59.1 Å². The molecule has 0 aromatic carbocycles. The molecule has 2 heterocycles. The molecule has 0 atom stereocenters. The van der Waals surface area contributed by atoms with Crippen molar-refractivity contribution in [1.82, 2.24) is 15.3 Å². The van der Waals surface area contributed by atoms with Gasteiger partial charge in [-0.05, 0) is 19.4 Å². The summed E-state index contributed by atoms with van der Waals surface area (Å²) in [4.78, 5) is 8.10. The van der Waals surface area contributed by atoms with E-state index in [9.17, 15) is 0 Å². The Morgan fingerprint density at radius 3 is 3.18 bits per heavy atom. The van der Waals surface area contributed by atoms with Crippen LogP contribution in [-0.2, 0) is 0 Å². The molecule has 5 nitrogen and oxygen atoms in total. The molecule has 0 radical (unpaired) electrons. The Balaban J connectivity index is 1.79. The molecule has 0 saturated carbocycles. The highest BCUT2D eigenvalue weighted by atomic mass is 16.5. The summed E-state index contributed by atoms with van der Waals surface area (Å²) in [5, 5.41) is 6.58. The molecule has 2 N–H and O–H groups in total. The number of hydrogen-bond donors (Lipinski definition) is 2. The molecule has 2 rings (SSSR count). The highest BCUT2D eigenvalue weighted by Crippen LogP contribution is 2.12. The van der Waals surface area contributed by atoms with Crippen LogP contribution in [0.1, 0.15) is 12.8 Å². The van der Waals surface area contributed by atoms with E-state index in [0.717, 1.165) is 38.3 Å². The molecule has 0 unspecified atom stereocenters. The van der Waals surface area contributed by atoms with Crippen LogP contribution < -0.4 is 15.4 Å². The highest BCUT2D eigenvalue weighted by molar-refractivity contribution is 5.37. The number of nitrogens with zero attached hydrogens (tertiary/aromatic N) is 2. The minimum atomic E-state index is 0.587. The first-order valence-electron chi connectivity index (χ1n) is 5.87. The number of anilines is 1. The van der Waals surface area contributed by atoms with Crippen LogP contribution in [0.15, 0.2) is 24.0 Å². The number of nitrogens with one attached hydrogen (secondary N) is 2. The predicted molar refractivity (Wildman–Crippen MR) is 67.3 cm³/mol. The number of methoxy groups -OCH3 is 1. The minimum absolute atomic E-state index is 0.587. The second kappa shape index (κ2) is 6.20. The Labute approximate surface area is 101 Å². The molecule has 1 aromatic heterocycles. The summed E-state index contributed by atoms with van der Waals surface area (Å²) >= 11 is 0. The lowest BCUT2D eigenvalue weighted by Gasteiger charge is -2.14. The maximum Gasteiger partial charge on any atom is 0.218 e. The predicted octanol–water partition coefficient (Wildman–Crippen LogP) is 1.21. The van der Waals surface area contributed by atoms with Crippen molar-refractivity contribution < 1.29 is 4.74 Å². The summed E-state index contributed by atoms with van der Waals surface area (Å²) in [6, 6.07) is 1.80. The van der Waals surface area contributed by atoms with Gasteiger partial charge >= 0.3 is 0 Å². The first kappa shape index (κ1) is 11.9. The van der Waals surface area contributed by atoms with E-state index in [2.05, 4.69) is 26.7 Å². The van der Waals surface area contributed by atoms with Gasteiger partial charge in [0.05, 0.1) is 7.11 Å². The standard InChI is InChI=1S/C12H18N4O/c1-17-12-8-11(15-9-16-12)14-7-4-10-2-5-13-6-3-10/h2,8-9,13H,3-7H2,1H3,(H,14,15,16). The third-order valence-electron chi connectivity index (χ3n) is 2.76. The first-order valence-corrected chi connectivity index (χ1v) is 5.87. The molecule has 92 valence electrons. The molecule has 0 amide bonds. The maximum atomic E-state index is 5.04. The first-order chi connectivity index (χ1) is 8.38. The van der Waals surface area contributed by atoms with E-state index in [1.54, 1.807) is 13.2 Å². The molecule has 0 aliphatic carbocycles. The quantitative estimate of drug-likeness (QED) is 0.750. The summed E-state index contributed by atoms with van der Waals surface area (Å²) < 4.78 is 5.04. The zero-order chi connectivity index (χ0) is 11.9. The number of ether oxygens (including phenoxy) is 1. The lowest BCUT2D eigenvalue weighted by atomic mass is 10.1. The molecular weight excluding hydrogens is 216 g/mol. The average molecular weight is 234 g/mol. The van der Waals surface area contributed by atoms with Gasteiger partial charge in [-0.1, -0.05) is 11.6 Å². The van der Waals surface area contributed by atoms with Gasteiger partial charge in [0.2, 0.25) is 5.88 Å². The Bertz CT molecular complexity index is 392. The van der Waals surface area contributed by atoms with Crippen molar-refractivity contribution in [2.75, 3.05) is 32.1 Å². The monoisotopic (exact) mass is 234 g/mol. The van der Waals surface area contributed by atoms with Crippen LogP contribution in [0.3, 0.4) is 0 Å². The van der Waals surface area contributed by atoms with Gasteiger partial charge in [0.1, 0.15) is 12.1 Å². The Hall–Kier alpha value is -1.62. The van der Waals surface area contributed by atoms with Crippen LogP contribution in [-0.4, -0.2) is 36.7 Å². The Morgan fingerprint density at radius 1 is 1.47 bits per heavy atom. The van der Waals surface area contributed by atoms with E-state index in [0.29, 0.717) is 5.88 Å². The van der Waals surface area contributed by atoms with E-state index < -0.39 is 0 Å². The van der Waals surface area contributed by atoms with E-state index in [-0.39, 0.29) is 0 Å². The van der Waals surface area contributed by atoms with Crippen LogP contribution >= 0.6 is 0 Å². The summed E-state index contributed by atoms with van der Waals surface area (Å²) in [6.45, 7) is 2.98. The fourth-order valence-electron chi connectivity index (χ4n) is 1.80. The molecular formula is C12H18N4O. The van der Waals surface area contributed by atoms with Gasteiger partial charge in [-0.3, -0.25) is 0 Å². The van der Waals surface area contributed by atoms with Crippen molar-refractivity contribution >= 4 is 5.82 Å². The largest absolute Gasteiger partial charge is 0.481 e. The fourth-order valence-corrected chi connectivity index (χ4v) is 1.80. The van der Waals surface area contributed by atoms with Crippen molar-refractivity contribution in [3.8, 4) is 5.88 Å². The van der Waals surface area contributed by atoms with Crippen LogP contribution in [0.2, 0.25) is 0 Å². The van der Waals surface area contributed by atoms with Gasteiger partial charge < -0.3 is 15.4 Å². The van der Waals surface area contributed by atoms with Gasteiger partial charge in [0, 0.05) is 19.2 Å². The third kappa shape index (κ3) is 3.71. The van der Waals surface area contributed by atoms with Crippen molar-refractivity contribution in [2.45, 2.75) is 12.8 Å². The summed E-state index contributed by atoms with van der Waals surface area (Å²) in [6.07, 6.45) is 5.99. The average Bonchev–Trinajstić information content (AvgIpc) is 2.40. The van der Waals surface area contributed by atoms with Gasteiger partial charge in [-0.25, -0.2) is 9.97 Å². The van der Waals surface area contributed by atoms with Crippen LogP contribution in [0.25, 0.3) is 0 Å². The molecule has 17 heavy (non-hydrogen) atoms. The minimum Gasteiger partial charge on any atom is -0.481 e. The zero-order valence-electron chi connectivity index (χ0n) is 10.1. The molecule has 1 aliphatic rings. The molecule has 0 spiro atoms. The van der Waals surface area contributed by atoms with Gasteiger partial charge in [-0.15, -0.1) is 0 Å². The van der Waals surface area contributed by atoms with E-state index in [4.69, 9.17) is 4.74 Å². The Morgan fingerprint density at radius 2 is 2.41 bits per heavy atom. The summed E-state index contributed by atoms with van der Waals surface area (Å²) in [7, 11) is 1.60. The van der Waals surface area contributed by atoms with E-state index in [1.165, 1.54) is 11.9 Å². The van der Waals surface area contributed by atoms with Crippen LogP contribution in [0, 0.1) is 0 Å². The smallest absolute Gasteiger partial charge is 0.218 e. The molecule has 0 bridgehead atoms. The van der Waals surface area contributed by atoms with Crippen molar-refractivity contribution in [3.63, 3.8) is 0 Å². The third-order valence-corrected chi connectivity index (χ3v) is 2.76. The van der Waals surface area contributed by atoms with Crippen molar-refractivity contribution in [1.29, 1.82) is 0 Å². The molecule has 5 heteroatoms. The zero-order valence-corrected chi connectivity index (χ0v) is 10.1. The van der Waals surface area contributed by atoms with Gasteiger partial charge in [-0.2, -0.15) is 0 Å². The second-order valence-corrected chi connectivity index (χ2v) is 3.94. The van der Waals surface area contributed by atoms with Crippen molar-refractivity contribution in [2.24, 2.45) is 0 Å². The number of aromatic nitrogens is 2. The van der Waals surface area contributed by atoms with Crippen LogP contribution in [0.5, 0.6) is 5.88 Å². The van der Waals surface area contributed by atoms with E-state index >= 15 is 0 Å². The number of rotatable bonds is 5. The maximum absolute atomic E-state index is 5.04.